The van der Waals surface area contributed by atoms with Crippen molar-refractivity contribution in [1.29, 1.82) is 0 Å². The maximum atomic E-state index is 13.0. The average molecular weight is 357 g/mol. The molecule has 0 N–H and O–H groups in total. The minimum absolute atomic E-state index is 0.106. The quantitative estimate of drug-likeness (QED) is 0.563. The van der Waals surface area contributed by atoms with E-state index in [1.807, 2.05) is 0 Å². The Kier molecular flexibility index (Phi) is 3.77. The lowest BCUT2D eigenvalue weighted by Gasteiger charge is -2.03. The van der Waals surface area contributed by atoms with E-state index < -0.39 is 0 Å². The van der Waals surface area contributed by atoms with Crippen LogP contribution in [0.25, 0.3) is 22.4 Å². The summed E-state index contributed by atoms with van der Waals surface area (Å²) in [5.74, 6) is 0.220. The highest BCUT2D eigenvalue weighted by atomic mass is 35.5. The fourth-order valence-electron chi connectivity index (χ4n) is 2.42. The van der Waals surface area contributed by atoms with Gasteiger partial charge in [-0.3, -0.25) is 9.36 Å². The molecular formula is C17H10ClFN4O2. The van der Waals surface area contributed by atoms with Crippen LogP contribution in [0.3, 0.4) is 0 Å². The van der Waals surface area contributed by atoms with Crippen LogP contribution < -0.4 is 5.56 Å². The van der Waals surface area contributed by atoms with Crippen LogP contribution in [0.1, 0.15) is 5.82 Å². The van der Waals surface area contributed by atoms with Gasteiger partial charge in [-0.1, -0.05) is 16.8 Å². The SMILES string of the molecule is O=c1c2ccc(Cl)cc2ncn1Cc1noc(-c2ccc(F)cc2)n1. The van der Waals surface area contributed by atoms with Crippen LogP contribution in [-0.2, 0) is 6.54 Å². The molecule has 0 atom stereocenters. The summed E-state index contributed by atoms with van der Waals surface area (Å²) >= 11 is 5.91. The second-order valence-corrected chi connectivity index (χ2v) is 5.80. The Balaban J connectivity index is 1.66. The molecular weight excluding hydrogens is 347 g/mol. The maximum absolute atomic E-state index is 13.0. The van der Waals surface area contributed by atoms with E-state index in [0.29, 0.717) is 27.3 Å². The molecule has 0 saturated carbocycles. The van der Waals surface area contributed by atoms with E-state index in [1.165, 1.54) is 23.0 Å². The first-order valence-corrected chi connectivity index (χ1v) is 7.71. The molecule has 0 aliphatic heterocycles. The van der Waals surface area contributed by atoms with Gasteiger partial charge in [0.25, 0.3) is 11.4 Å². The maximum Gasteiger partial charge on any atom is 0.261 e. The summed E-state index contributed by atoms with van der Waals surface area (Å²) < 4.78 is 19.5. The summed E-state index contributed by atoms with van der Waals surface area (Å²) in [7, 11) is 0. The van der Waals surface area contributed by atoms with Crippen LogP contribution in [0.5, 0.6) is 0 Å². The van der Waals surface area contributed by atoms with Crippen molar-refractivity contribution in [2.75, 3.05) is 0 Å². The first-order valence-electron chi connectivity index (χ1n) is 7.33. The topological polar surface area (TPSA) is 73.8 Å². The summed E-state index contributed by atoms with van der Waals surface area (Å²) in [5, 5.41) is 4.82. The highest BCUT2D eigenvalue weighted by Gasteiger charge is 2.11. The zero-order chi connectivity index (χ0) is 17.4. The lowest BCUT2D eigenvalue weighted by molar-refractivity contribution is 0.420. The van der Waals surface area contributed by atoms with Gasteiger partial charge in [0.15, 0.2) is 5.82 Å². The average Bonchev–Trinajstić information content (AvgIpc) is 3.06. The van der Waals surface area contributed by atoms with Crippen molar-refractivity contribution >= 4 is 22.5 Å². The Morgan fingerprint density at radius 3 is 2.76 bits per heavy atom. The molecule has 8 heteroatoms. The highest BCUT2D eigenvalue weighted by Crippen LogP contribution is 2.18. The van der Waals surface area contributed by atoms with Gasteiger partial charge in [0, 0.05) is 10.6 Å². The zero-order valence-electron chi connectivity index (χ0n) is 12.7. The van der Waals surface area contributed by atoms with Crippen LogP contribution in [0, 0.1) is 5.82 Å². The molecule has 4 aromatic rings. The Bertz CT molecular complexity index is 1120. The van der Waals surface area contributed by atoms with Crippen molar-refractivity contribution in [3.05, 3.63) is 75.8 Å². The molecule has 0 radical (unpaired) electrons. The summed E-state index contributed by atoms with van der Waals surface area (Å²) in [6, 6.07) is 10.6. The first kappa shape index (κ1) is 15.5. The summed E-state index contributed by atoms with van der Waals surface area (Å²) in [5.41, 5.74) is 0.891. The number of benzene rings is 2. The van der Waals surface area contributed by atoms with E-state index in [2.05, 4.69) is 15.1 Å². The number of fused-ring (bicyclic) bond motifs is 1. The monoisotopic (exact) mass is 356 g/mol. The smallest absolute Gasteiger partial charge is 0.261 e. The van der Waals surface area contributed by atoms with Crippen LogP contribution >= 0.6 is 11.6 Å². The number of rotatable bonds is 3. The van der Waals surface area contributed by atoms with Gasteiger partial charge in [-0.15, -0.1) is 0 Å². The molecule has 0 saturated heterocycles. The van der Waals surface area contributed by atoms with Gasteiger partial charge in [0.1, 0.15) is 5.82 Å². The number of aromatic nitrogens is 4. The highest BCUT2D eigenvalue weighted by molar-refractivity contribution is 6.31. The molecule has 0 spiro atoms. The Labute approximate surface area is 145 Å². The van der Waals surface area contributed by atoms with E-state index >= 15 is 0 Å². The molecule has 0 bridgehead atoms. The largest absolute Gasteiger partial charge is 0.334 e. The molecule has 6 nitrogen and oxygen atoms in total. The molecule has 0 amide bonds. The van der Waals surface area contributed by atoms with Gasteiger partial charge >= 0.3 is 0 Å². The molecule has 2 heterocycles. The minimum Gasteiger partial charge on any atom is -0.334 e. The van der Waals surface area contributed by atoms with Gasteiger partial charge in [-0.2, -0.15) is 4.98 Å². The second kappa shape index (κ2) is 6.10. The molecule has 25 heavy (non-hydrogen) atoms. The van der Waals surface area contributed by atoms with E-state index in [4.69, 9.17) is 16.1 Å². The van der Waals surface area contributed by atoms with Crippen LogP contribution in [0.2, 0.25) is 5.02 Å². The predicted molar refractivity (Wildman–Crippen MR) is 89.8 cm³/mol. The van der Waals surface area contributed by atoms with Crippen molar-refractivity contribution in [1.82, 2.24) is 19.7 Å². The number of hydrogen-bond donors (Lipinski definition) is 0. The van der Waals surface area contributed by atoms with Crippen LogP contribution in [0.15, 0.2) is 58.1 Å². The first-order chi connectivity index (χ1) is 12.1. The third-order valence-electron chi connectivity index (χ3n) is 3.66. The van der Waals surface area contributed by atoms with E-state index in [-0.39, 0.29) is 23.8 Å². The van der Waals surface area contributed by atoms with E-state index in [9.17, 15) is 9.18 Å². The molecule has 124 valence electrons. The lowest BCUT2D eigenvalue weighted by Crippen LogP contribution is -2.21. The molecule has 0 fully saturated rings. The van der Waals surface area contributed by atoms with Crippen LogP contribution in [0.4, 0.5) is 4.39 Å². The van der Waals surface area contributed by atoms with Crippen LogP contribution in [-0.4, -0.2) is 19.7 Å². The van der Waals surface area contributed by atoms with Gasteiger partial charge in [0.05, 0.1) is 23.8 Å². The van der Waals surface area contributed by atoms with Gasteiger partial charge in [0.2, 0.25) is 0 Å². The Morgan fingerprint density at radius 1 is 1.16 bits per heavy atom. The fourth-order valence-corrected chi connectivity index (χ4v) is 2.59. The number of nitrogens with zero attached hydrogens (tertiary/aromatic N) is 4. The minimum atomic E-state index is -0.350. The predicted octanol–water partition coefficient (Wildman–Crippen LogP) is 3.29. The van der Waals surface area contributed by atoms with Crippen molar-refractivity contribution in [3.8, 4) is 11.5 Å². The van der Waals surface area contributed by atoms with E-state index in [0.717, 1.165) is 0 Å². The molecule has 0 unspecified atom stereocenters. The molecule has 2 aromatic heterocycles. The van der Waals surface area contributed by atoms with E-state index in [1.54, 1.807) is 30.3 Å². The summed E-state index contributed by atoms with van der Waals surface area (Å²) in [4.78, 5) is 21.0. The Hall–Kier alpha value is -3.06. The van der Waals surface area contributed by atoms with Gasteiger partial charge in [-0.05, 0) is 42.5 Å². The normalized spacial score (nSPS) is 11.1. The summed E-state index contributed by atoms with van der Waals surface area (Å²) in [6.07, 6.45) is 1.41. The third kappa shape index (κ3) is 3.01. The van der Waals surface area contributed by atoms with Gasteiger partial charge in [-0.25, -0.2) is 9.37 Å². The zero-order valence-corrected chi connectivity index (χ0v) is 13.4. The lowest BCUT2D eigenvalue weighted by atomic mass is 10.2. The molecule has 2 aromatic carbocycles. The molecule has 0 aliphatic carbocycles. The van der Waals surface area contributed by atoms with Crippen molar-refractivity contribution in [2.24, 2.45) is 0 Å². The number of halogens is 2. The molecule has 0 aliphatic rings. The standard InChI is InChI=1S/C17H10ClFN4O2/c18-11-3-6-13-14(7-11)20-9-23(17(13)24)8-15-21-16(25-22-15)10-1-4-12(19)5-2-10/h1-7,9H,8H2. The van der Waals surface area contributed by atoms with Crippen molar-refractivity contribution < 1.29 is 8.91 Å². The number of hydrogen-bond acceptors (Lipinski definition) is 5. The summed E-state index contributed by atoms with van der Waals surface area (Å²) in [6.45, 7) is 0.106. The van der Waals surface area contributed by atoms with Crippen molar-refractivity contribution in [2.45, 2.75) is 6.54 Å². The van der Waals surface area contributed by atoms with Crippen molar-refractivity contribution in [3.63, 3.8) is 0 Å². The molecule has 4 rings (SSSR count). The Morgan fingerprint density at radius 2 is 1.96 bits per heavy atom. The fraction of sp³-hybridized carbons (Fsp3) is 0.0588. The van der Waals surface area contributed by atoms with Gasteiger partial charge < -0.3 is 4.52 Å². The second-order valence-electron chi connectivity index (χ2n) is 5.36. The third-order valence-corrected chi connectivity index (χ3v) is 3.89.